The third kappa shape index (κ3) is 4.62. The largest absolute Gasteiger partial charge is 0.481 e. The summed E-state index contributed by atoms with van der Waals surface area (Å²) in [6, 6.07) is 3.25. The van der Waals surface area contributed by atoms with Crippen LogP contribution in [0.2, 0.25) is 0 Å². The van der Waals surface area contributed by atoms with Crippen molar-refractivity contribution in [3.05, 3.63) is 65.8 Å². The summed E-state index contributed by atoms with van der Waals surface area (Å²) < 4.78 is 53.9. The third-order valence-electron chi connectivity index (χ3n) is 6.36. The Labute approximate surface area is 197 Å². The fraction of sp³-hybridized carbons (Fsp3) is 0.333. The van der Waals surface area contributed by atoms with Gasteiger partial charge in [0.15, 0.2) is 0 Å². The number of nitrogens with zero attached hydrogens (tertiary/aromatic N) is 4. The van der Waals surface area contributed by atoms with Crippen LogP contribution in [0.15, 0.2) is 59.4 Å². The Balaban J connectivity index is 1.31. The number of aliphatic carboxylic acids is 1. The van der Waals surface area contributed by atoms with Crippen LogP contribution in [-0.4, -0.2) is 58.2 Å². The van der Waals surface area contributed by atoms with Crippen LogP contribution in [0.5, 0.6) is 0 Å². The van der Waals surface area contributed by atoms with Gasteiger partial charge in [0.05, 0.1) is 29.1 Å². The number of hydrogen-bond acceptors (Lipinski definition) is 6. The second kappa shape index (κ2) is 8.79. The lowest BCUT2D eigenvalue weighted by atomic mass is 9.99. The van der Waals surface area contributed by atoms with Gasteiger partial charge in [0.1, 0.15) is 11.7 Å². The first kappa shape index (κ1) is 23.0. The number of allylic oxidation sites excluding steroid dienone is 2. The highest BCUT2D eigenvalue weighted by Gasteiger charge is 2.38. The van der Waals surface area contributed by atoms with Crippen molar-refractivity contribution < 1.29 is 27.5 Å². The van der Waals surface area contributed by atoms with Crippen molar-refractivity contribution in [1.29, 1.82) is 0 Å². The van der Waals surface area contributed by atoms with Crippen LogP contribution in [0.4, 0.5) is 23.5 Å². The number of benzene rings is 1. The molecule has 1 aromatic carbocycles. The molecule has 0 spiro atoms. The number of aromatic nitrogens is 2. The van der Waals surface area contributed by atoms with E-state index in [0.29, 0.717) is 36.6 Å². The van der Waals surface area contributed by atoms with Gasteiger partial charge in [-0.15, -0.1) is 0 Å². The van der Waals surface area contributed by atoms with Crippen LogP contribution in [0, 0.1) is 11.7 Å². The zero-order valence-corrected chi connectivity index (χ0v) is 18.3. The van der Waals surface area contributed by atoms with E-state index in [1.807, 2.05) is 4.90 Å². The smallest absolute Gasteiger partial charge is 0.416 e. The van der Waals surface area contributed by atoms with Crippen molar-refractivity contribution in [2.45, 2.75) is 31.1 Å². The molecule has 11 heteroatoms. The van der Waals surface area contributed by atoms with Crippen LogP contribution >= 0.6 is 0 Å². The van der Waals surface area contributed by atoms with E-state index in [9.17, 15) is 27.5 Å². The minimum absolute atomic E-state index is 0.157. The molecule has 2 aliphatic heterocycles. The van der Waals surface area contributed by atoms with Crippen LogP contribution in [-0.2, 0) is 4.79 Å². The molecule has 182 valence electrons. The first-order valence-electron chi connectivity index (χ1n) is 11.1. The van der Waals surface area contributed by atoms with E-state index >= 15 is 0 Å². The Hall–Kier alpha value is -3.76. The van der Waals surface area contributed by atoms with Crippen LogP contribution in [0.3, 0.4) is 0 Å². The normalized spacial score (nSPS) is 23.9. The Bertz CT molecular complexity index is 1240. The fourth-order valence-corrected chi connectivity index (χ4v) is 4.48. The molecule has 2 aromatic rings. The SMILES string of the molecule is O=C(O)C1CCCN(c2ncc(-c3ccc(C4=NC5C=CC(C(F)(F)F)=CC5N4)c(F)c3)cn2)C1. The fourth-order valence-electron chi connectivity index (χ4n) is 4.48. The molecule has 0 bridgehead atoms. The van der Waals surface area contributed by atoms with Gasteiger partial charge >= 0.3 is 12.1 Å². The topological polar surface area (TPSA) is 90.7 Å². The van der Waals surface area contributed by atoms with Crippen molar-refractivity contribution >= 4 is 17.8 Å². The molecular weight excluding hydrogens is 466 g/mol. The molecule has 0 amide bonds. The van der Waals surface area contributed by atoms with E-state index in [1.165, 1.54) is 18.2 Å². The molecular formula is C24H21F4N5O2. The summed E-state index contributed by atoms with van der Waals surface area (Å²) in [5, 5.41) is 12.1. The lowest BCUT2D eigenvalue weighted by molar-refractivity contribution is -0.142. The maximum absolute atomic E-state index is 15.0. The van der Waals surface area contributed by atoms with Gasteiger partial charge in [-0.2, -0.15) is 13.2 Å². The number of rotatable bonds is 4. The number of carboxylic acid groups (broad SMARTS) is 1. The number of carboxylic acids is 1. The summed E-state index contributed by atoms with van der Waals surface area (Å²) in [6.07, 6.45) is 3.41. The number of alkyl halides is 3. The Morgan fingerprint density at radius 2 is 1.94 bits per heavy atom. The predicted molar refractivity (Wildman–Crippen MR) is 121 cm³/mol. The molecule has 2 N–H and O–H groups in total. The standard InChI is InChI=1S/C24H21F4N5O2/c25-18-8-13(15-10-29-23(30-11-15)33-7-1-2-14(12-33)22(34)35)3-5-17(18)21-31-19-6-4-16(24(26,27)28)9-20(19)32-21/h3-6,8-11,14,19-20H,1-2,7,12H2,(H,31,32)(H,34,35). The van der Waals surface area contributed by atoms with Crippen LogP contribution in [0.1, 0.15) is 18.4 Å². The van der Waals surface area contributed by atoms with E-state index in [2.05, 4.69) is 20.3 Å². The Kier molecular flexibility index (Phi) is 5.78. The highest BCUT2D eigenvalue weighted by molar-refractivity contribution is 6.01. The highest BCUT2D eigenvalue weighted by Crippen LogP contribution is 2.32. The second-order valence-corrected chi connectivity index (χ2v) is 8.71. The molecule has 1 saturated heterocycles. The van der Waals surface area contributed by atoms with E-state index in [4.69, 9.17) is 0 Å². The molecule has 3 unspecified atom stereocenters. The summed E-state index contributed by atoms with van der Waals surface area (Å²) in [5.74, 6) is -1.27. The van der Waals surface area contributed by atoms with E-state index < -0.39 is 41.5 Å². The van der Waals surface area contributed by atoms with Gasteiger partial charge < -0.3 is 15.3 Å². The summed E-state index contributed by atoms with van der Waals surface area (Å²) in [4.78, 5) is 26.1. The van der Waals surface area contributed by atoms with Crippen molar-refractivity contribution in [3.8, 4) is 11.1 Å². The first-order chi connectivity index (χ1) is 16.7. The average molecular weight is 487 g/mol. The van der Waals surface area contributed by atoms with Gasteiger partial charge in [-0.1, -0.05) is 18.2 Å². The average Bonchev–Trinajstić information content (AvgIpc) is 3.27. The van der Waals surface area contributed by atoms with Crippen LogP contribution in [0.25, 0.3) is 11.1 Å². The monoisotopic (exact) mass is 487 g/mol. The number of amidine groups is 1. The Morgan fingerprint density at radius 1 is 1.17 bits per heavy atom. The molecule has 0 saturated carbocycles. The van der Waals surface area contributed by atoms with Crippen molar-refractivity contribution in [2.24, 2.45) is 10.9 Å². The molecule has 0 radical (unpaired) electrons. The van der Waals surface area contributed by atoms with Gasteiger partial charge in [-0.3, -0.25) is 9.79 Å². The molecule has 7 nitrogen and oxygen atoms in total. The summed E-state index contributed by atoms with van der Waals surface area (Å²) >= 11 is 0. The molecule has 1 aliphatic carbocycles. The van der Waals surface area contributed by atoms with Crippen molar-refractivity contribution in [1.82, 2.24) is 15.3 Å². The number of carbonyl (C=O) groups is 1. The summed E-state index contributed by atoms with van der Waals surface area (Å²) in [6.45, 7) is 1.00. The van der Waals surface area contributed by atoms with Crippen LogP contribution < -0.4 is 10.2 Å². The number of fused-ring (bicyclic) bond motifs is 1. The number of anilines is 1. The number of piperidine rings is 1. The first-order valence-corrected chi connectivity index (χ1v) is 11.1. The number of hydrogen-bond donors (Lipinski definition) is 2. The van der Waals surface area contributed by atoms with Gasteiger partial charge in [0.2, 0.25) is 5.95 Å². The molecule has 1 aromatic heterocycles. The zero-order valence-electron chi connectivity index (χ0n) is 18.3. The minimum Gasteiger partial charge on any atom is -0.481 e. The van der Waals surface area contributed by atoms with Gasteiger partial charge in [0.25, 0.3) is 0 Å². The van der Waals surface area contributed by atoms with E-state index in [1.54, 1.807) is 18.5 Å². The van der Waals surface area contributed by atoms with E-state index in [-0.39, 0.29) is 11.4 Å². The quantitative estimate of drug-likeness (QED) is 0.639. The maximum atomic E-state index is 15.0. The van der Waals surface area contributed by atoms with Crippen molar-refractivity contribution in [2.75, 3.05) is 18.0 Å². The molecule has 3 atom stereocenters. The third-order valence-corrected chi connectivity index (χ3v) is 6.36. The number of halogens is 4. The molecule has 35 heavy (non-hydrogen) atoms. The van der Waals surface area contributed by atoms with Gasteiger partial charge in [-0.05, 0) is 36.6 Å². The number of nitrogens with one attached hydrogen (secondary N) is 1. The molecule has 1 fully saturated rings. The maximum Gasteiger partial charge on any atom is 0.416 e. The number of aliphatic imine (C=N–C) groups is 1. The summed E-state index contributed by atoms with van der Waals surface area (Å²) in [5.41, 5.74) is 0.491. The summed E-state index contributed by atoms with van der Waals surface area (Å²) in [7, 11) is 0. The highest BCUT2D eigenvalue weighted by atomic mass is 19.4. The molecule has 3 heterocycles. The lowest BCUT2D eigenvalue weighted by Gasteiger charge is -2.30. The van der Waals surface area contributed by atoms with Crippen molar-refractivity contribution in [3.63, 3.8) is 0 Å². The molecule has 5 rings (SSSR count). The van der Waals surface area contributed by atoms with E-state index in [0.717, 1.165) is 18.6 Å². The predicted octanol–water partition coefficient (Wildman–Crippen LogP) is 3.73. The van der Waals surface area contributed by atoms with Gasteiger partial charge in [0, 0.05) is 31.0 Å². The lowest BCUT2D eigenvalue weighted by Crippen LogP contribution is -2.39. The Morgan fingerprint density at radius 3 is 2.63 bits per heavy atom. The van der Waals surface area contributed by atoms with Gasteiger partial charge in [-0.25, -0.2) is 14.4 Å². The zero-order chi connectivity index (χ0) is 24.7. The molecule has 3 aliphatic rings. The minimum atomic E-state index is -4.46. The second-order valence-electron chi connectivity index (χ2n) is 8.71.